The molecule has 0 atom stereocenters. The molecule has 1 fully saturated rings. The molecule has 1 aromatic carbocycles. The molecule has 1 saturated carbocycles. The van der Waals surface area contributed by atoms with Crippen LogP contribution in [0.5, 0.6) is 11.5 Å². The summed E-state index contributed by atoms with van der Waals surface area (Å²) in [6.45, 7) is 0.961. The SMILES string of the molecule is CC(F)(F)c1cc(CC2(N)CC2)c2c(c1)OCO2. The minimum atomic E-state index is -2.89. The third-order valence-electron chi connectivity index (χ3n) is 3.49. The topological polar surface area (TPSA) is 44.5 Å². The molecule has 1 aliphatic heterocycles. The molecule has 1 aromatic rings. The normalized spacial score (nSPS) is 20.0. The van der Waals surface area contributed by atoms with E-state index in [1.165, 1.54) is 12.1 Å². The van der Waals surface area contributed by atoms with E-state index in [1.54, 1.807) is 0 Å². The van der Waals surface area contributed by atoms with Gasteiger partial charge >= 0.3 is 0 Å². The number of hydrogen-bond acceptors (Lipinski definition) is 3. The zero-order valence-corrected chi connectivity index (χ0v) is 10.1. The lowest BCUT2D eigenvalue weighted by atomic mass is 9.98. The number of ether oxygens (including phenoxy) is 2. The van der Waals surface area contributed by atoms with Crippen LogP contribution in [0.2, 0.25) is 0 Å². The molecule has 0 spiro atoms. The predicted octanol–water partition coefficient (Wildman–Crippen LogP) is 2.56. The summed E-state index contributed by atoms with van der Waals surface area (Å²) >= 11 is 0. The monoisotopic (exact) mass is 255 g/mol. The van der Waals surface area contributed by atoms with Crippen LogP contribution in [0.25, 0.3) is 0 Å². The Labute approximate surface area is 104 Å². The van der Waals surface area contributed by atoms with Gasteiger partial charge in [0.1, 0.15) is 0 Å². The summed E-state index contributed by atoms with van der Waals surface area (Å²) < 4.78 is 37.4. The Morgan fingerprint density at radius 1 is 1.33 bits per heavy atom. The van der Waals surface area contributed by atoms with Gasteiger partial charge < -0.3 is 15.2 Å². The van der Waals surface area contributed by atoms with E-state index in [4.69, 9.17) is 15.2 Å². The zero-order chi connectivity index (χ0) is 13.0. The van der Waals surface area contributed by atoms with Crippen LogP contribution in [0.3, 0.4) is 0 Å². The van der Waals surface area contributed by atoms with Crippen LogP contribution in [-0.2, 0) is 12.3 Å². The first-order valence-corrected chi connectivity index (χ1v) is 5.97. The van der Waals surface area contributed by atoms with Crippen molar-refractivity contribution in [2.75, 3.05) is 6.79 Å². The van der Waals surface area contributed by atoms with Gasteiger partial charge in [-0.15, -0.1) is 0 Å². The first kappa shape index (κ1) is 11.7. The number of fused-ring (bicyclic) bond motifs is 1. The summed E-state index contributed by atoms with van der Waals surface area (Å²) in [4.78, 5) is 0. The van der Waals surface area contributed by atoms with Crippen LogP contribution in [0.1, 0.15) is 30.9 Å². The summed E-state index contributed by atoms with van der Waals surface area (Å²) in [5.41, 5.74) is 6.47. The van der Waals surface area contributed by atoms with Gasteiger partial charge in [-0.25, -0.2) is 8.78 Å². The second-order valence-corrected chi connectivity index (χ2v) is 5.30. The molecule has 0 bridgehead atoms. The molecule has 0 amide bonds. The second-order valence-electron chi connectivity index (χ2n) is 5.30. The average molecular weight is 255 g/mol. The van der Waals surface area contributed by atoms with Crippen molar-refractivity contribution in [3.05, 3.63) is 23.3 Å². The molecule has 18 heavy (non-hydrogen) atoms. The Hall–Kier alpha value is -1.36. The van der Waals surface area contributed by atoms with Crippen molar-refractivity contribution in [2.24, 2.45) is 5.73 Å². The van der Waals surface area contributed by atoms with E-state index in [0.29, 0.717) is 17.9 Å². The maximum atomic E-state index is 13.4. The number of benzene rings is 1. The van der Waals surface area contributed by atoms with E-state index in [9.17, 15) is 8.78 Å². The fourth-order valence-corrected chi connectivity index (χ4v) is 2.18. The fraction of sp³-hybridized carbons (Fsp3) is 0.538. The maximum absolute atomic E-state index is 13.4. The van der Waals surface area contributed by atoms with Gasteiger partial charge in [-0.05, 0) is 31.4 Å². The van der Waals surface area contributed by atoms with Crippen molar-refractivity contribution < 1.29 is 18.3 Å². The molecule has 3 nitrogen and oxygen atoms in total. The van der Waals surface area contributed by atoms with Crippen molar-refractivity contribution in [1.82, 2.24) is 0 Å². The minimum Gasteiger partial charge on any atom is -0.454 e. The van der Waals surface area contributed by atoms with Gasteiger partial charge in [-0.2, -0.15) is 0 Å². The van der Waals surface area contributed by atoms with Gasteiger partial charge in [0.05, 0.1) is 0 Å². The summed E-state index contributed by atoms with van der Waals surface area (Å²) in [6, 6.07) is 2.84. The number of rotatable bonds is 3. The van der Waals surface area contributed by atoms with E-state index in [-0.39, 0.29) is 17.9 Å². The third kappa shape index (κ3) is 2.03. The van der Waals surface area contributed by atoms with Crippen LogP contribution in [0.4, 0.5) is 8.78 Å². The van der Waals surface area contributed by atoms with E-state index in [2.05, 4.69) is 0 Å². The van der Waals surface area contributed by atoms with Gasteiger partial charge in [0.15, 0.2) is 11.5 Å². The highest BCUT2D eigenvalue weighted by molar-refractivity contribution is 5.52. The van der Waals surface area contributed by atoms with E-state index < -0.39 is 5.92 Å². The predicted molar refractivity (Wildman–Crippen MR) is 62.0 cm³/mol. The highest BCUT2D eigenvalue weighted by Gasteiger charge is 2.40. The van der Waals surface area contributed by atoms with Crippen LogP contribution >= 0.6 is 0 Å². The second kappa shape index (κ2) is 3.57. The van der Waals surface area contributed by atoms with E-state index >= 15 is 0 Å². The standard InChI is InChI=1S/C13H15F2NO2/c1-12(14,15)9-4-8(6-13(16)2-3-13)11-10(5-9)17-7-18-11/h4-5H,2-3,6-7,16H2,1H3. The molecular weight excluding hydrogens is 240 g/mol. The zero-order valence-electron chi connectivity index (χ0n) is 10.1. The fourth-order valence-electron chi connectivity index (χ4n) is 2.18. The first-order valence-electron chi connectivity index (χ1n) is 5.97. The van der Waals surface area contributed by atoms with Crippen molar-refractivity contribution in [3.63, 3.8) is 0 Å². The van der Waals surface area contributed by atoms with Crippen molar-refractivity contribution in [1.29, 1.82) is 0 Å². The average Bonchev–Trinajstić information content (AvgIpc) is 2.80. The van der Waals surface area contributed by atoms with Crippen LogP contribution in [0.15, 0.2) is 12.1 Å². The smallest absolute Gasteiger partial charge is 0.270 e. The number of halogens is 2. The molecule has 1 heterocycles. The Morgan fingerprint density at radius 3 is 2.67 bits per heavy atom. The summed E-state index contributed by atoms with van der Waals surface area (Å²) in [6.07, 6.45) is 2.41. The molecule has 0 radical (unpaired) electrons. The van der Waals surface area contributed by atoms with Gasteiger partial charge in [0.2, 0.25) is 6.79 Å². The van der Waals surface area contributed by atoms with Gasteiger partial charge in [0.25, 0.3) is 5.92 Å². The molecule has 0 saturated heterocycles. The van der Waals surface area contributed by atoms with Gasteiger partial charge in [-0.3, -0.25) is 0 Å². The summed E-state index contributed by atoms with van der Waals surface area (Å²) in [7, 11) is 0. The lowest BCUT2D eigenvalue weighted by Gasteiger charge is -2.16. The van der Waals surface area contributed by atoms with Crippen molar-refractivity contribution in [2.45, 2.75) is 37.6 Å². The molecular formula is C13H15F2NO2. The summed E-state index contributed by atoms with van der Waals surface area (Å²) in [5.74, 6) is -1.92. The Balaban J connectivity index is 2.03. The minimum absolute atomic E-state index is 0.0500. The first-order chi connectivity index (χ1) is 8.37. The van der Waals surface area contributed by atoms with E-state index in [1.807, 2.05) is 0 Å². The molecule has 0 aromatic heterocycles. The van der Waals surface area contributed by atoms with Crippen LogP contribution in [0, 0.1) is 0 Å². The summed E-state index contributed by atoms with van der Waals surface area (Å²) in [5, 5.41) is 0. The largest absolute Gasteiger partial charge is 0.454 e. The molecule has 98 valence electrons. The molecule has 1 aliphatic carbocycles. The van der Waals surface area contributed by atoms with Gasteiger partial charge in [0, 0.05) is 23.6 Å². The van der Waals surface area contributed by atoms with Crippen molar-refractivity contribution >= 4 is 0 Å². The highest BCUT2D eigenvalue weighted by Crippen LogP contribution is 2.45. The number of hydrogen-bond donors (Lipinski definition) is 1. The number of alkyl halides is 2. The quantitative estimate of drug-likeness (QED) is 0.902. The van der Waals surface area contributed by atoms with Crippen molar-refractivity contribution in [3.8, 4) is 11.5 Å². The molecule has 2 aliphatic rings. The van der Waals surface area contributed by atoms with Crippen LogP contribution in [-0.4, -0.2) is 12.3 Å². The molecule has 2 N–H and O–H groups in total. The maximum Gasteiger partial charge on any atom is 0.270 e. The van der Waals surface area contributed by atoms with E-state index in [0.717, 1.165) is 25.3 Å². The number of nitrogens with two attached hydrogens (primary N) is 1. The lowest BCUT2D eigenvalue weighted by Crippen LogP contribution is -2.25. The molecule has 5 heteroatoms. The molecule has 0 unspecified atom stereocenters. The van der Waals surface area contributed by atoms with Crippen LogP contribution < -0.4 is 15.2 Å². The molecule has 3 rings (SSSR count). The third-order valence-corrected chi connectivity index (χ3v) is 3.49. The lowest BCUT2D eigenvalue weighted by molar-refractivity contribution is 0.0172. The Morgan fingerprint density at radius 2 is 2.06 bits per heavy atom. The van der Waals surface area contributed by atoms with Gasteiger partial charge in [-0.1, -0.05) is 0 Å². The Bertz CT molecular complexity index is 492. The highest BCUT2D eigenvalue weighted by atomic mass is 19.3. The Kier molecular flexibility index (Phi) is 2.32.